The molecule has 0 amide bonds. The van der Waals surface area contributed by atoms with Gasteiger partial charge in [0.1, 0.15) is 0 Å². The maximum atomic E-state index is 9.81. The Hall–Kier alpha value is -0.535. The third-order valence-electron chi connectivity index (χ3n) is 2.53. The fourth-order valence-corrected chi connectivity index (χ4v) is 0.594. The first kappa shape index (κ1) is 13.5. The summed E-state index contributed by atoms with van der Waals surface area (Å²) in [5, 5.41) is 9.81. The Bertz CT molecular complexity index is 224. The second-order valence-electron chi connectivity index (χ2n) is 4.30. The molecule has 0 aliphatic carbocycles. The van der Waals surface area contributed by atoms with Crippen LogP contribution in [0.3, 0.4) is 0 Å². The van der Waals surface area contributed by atoms with E-state index in [0.29, 0.717) is 0 Å². The summed E-state index contributed by atoms with van der Waals surface area (Å²) >= 11 is 0. The molecule has 0 aromatic rings. The smallest absolute Gasteiger partial charge is 0.330 e. The van der Waals surface area contributed by atoms with Crippen LogP contribution in [0.15, 0.2) is 24.2 Å². The summed E-state index contributed by atoms with van der Waals surface area (Å²) < 4.78 is 5.52. The van der Waals surface area contributed by atoms with Crippen LogP contribution < -0.4 is 0 Å². The third-order valence-corrected chi connectivity index (χ3v) is 2.53. The van der Waals surface area contributed by atoms with E-state index in [-0.39, 0.29) is 0 Å². The van der Waals surface area contributed by atoms with Crippen LogP contribution in [0.2, 0.25) is 0 Å². The fraction of sp³-hybridized carbons (Fsp3) is 0.636. The molecule has 14 heavy (non-hydrogen) atoms. The lowest BCUT2D eigenvalue weighted by Gasteiger charge is -2.37. The van der Waals surface area contributed by atoms with Gasteiger partial charge >= 0.3 is 7.48 Å². The van der Waals surface area contributed by atoms with Crippen molar-refractivity contribution in [2.75, 3.05) is 0 Å². The zero-order chi connectivity index (χ0) is 11.4. The normalized spacial score (nSPS) is 14.0. The minimum absolute atomic E-state index is 0.621. The van der Waals surface area contributed by atoms with Crippen molar-refractivity contribution >= 4 is 7.48 Å². The van der Waals surface area contributed by atoms with E-state index in [1.54, 1.807) is 27.4 Å². The molecule has 2 nitrogen and oxygen atoms in total. The van der Waals surface area contributed by atoms with E-state index in [4.69, 9.17) is 4.65 Å². The van der Waals surface area contributed by atoms with Crippen LogP contribution in [0.1, 0.15) is 34.6 Å². The molecular weight excluding hydrogens is 175 g/mol. The van der Waals surface area contributed by atoms with Crippen molar-refractivity contribution in [3.05, 3.63) is 24.2 Å². The number of rotatable bonds is 5. The van der Waals surface area contributed by atoms with Gasteiger partial charge in [-0.1, -0.05) is 24.2 Å². The highest BCUT2D eigenvalue weighted by Gasteiger charge is 2.35. The molecule has 0 aliphatic heterocycles. The second kappa shape index (κ2) is 4.81. The van der Waals surface area contributed by atoms with Crippen LogP contribution in [0.4, 0.5) is 0 Å². The lowest BCUT2D eigenvalue weighted by molar-refractivity contribution is -0.0896. The number of hydrogen-bond acceptors (Lipinski definition) is 2. The van der Waals surface area contributed by atoms with Crippen molar-refractivity contribution in [1.82, 2.24) is 0 Å². The summed E-state index contributed by atoms with van der Waals surface area (Å²) in [6, 6.07) is 0. The Balaban J connectivity index is 4.33. The van der Waals surface area contributed by atoms with Crippen molar-refractivity contribution in [1.29, 1.82) is 0 Å². The van der Waals surface area contributed by atoms with E-state index in [1.165, 1.54) is 0 Å². The molecule has 0 aromatic carbocycles. The van der Waals surface area contributed by atoms with E-state index in [0.717, 1.165) is 5.47 Å². The Morgan fingerprint density at radius 1 is 1.36 bits per heavy atom. The van der Waals surface area contributed by atoms with Gasteiger partial charge in [-0.05, 0) is 34.6 Å². The van der Waals surface area contributed by atoms with E-state index < -0.39 is 11.2 Å². The topological polar surface area (TPSA) is 29.5 Å². The van der Waals surface area contributed by atoms with Crippen molar-refractivity contribution < 1.29 is 9.76 Å². The highest BCUT2D eigenvalue weighted by atomic mass is 16.5. The molecule has 0 fully saturated rings. The average Bonchev–Trinajstić information content (AvgIpc) is 2.04. The largest absolute Gasteiger partial charge is 0.427 e. The van der Waals surface area contributed by atoms with Crippen LogP contribution in [-0.2, 0) is 4.65 Å². The summed E-state index contributed by atoms with van der Waals surface area (Å²) in [6.07, 6.45) is 3.61. The number of hydrogen-bond donors (Lipinski definition) is 1. The van der Waals surface area contributed by atoms with Crippen LogP contribution in [-0.4, -0.2) is 23.8 Å². The van der Waals surface area contributed by atoms with Gasteiger partial charge in [0.15, 0.2) is 0 Å². The highest BCUT2D eigenvalue weighted by molar-refractivity contribution is 6.39. The number of allylic oxidation sites excluding steroid dienone is 3. The van der Waals surface area contributed by atoms with Gasteiger partial charge in [0.05, 0.1) is 11.2 Å². The van der Waals surface area contributed by atoms with Gasteiger partial charge in [0.2, 0.25) is 0 Å². The first-order valence-corrected chi connectivity index (χ1v) is 4.77. The average molecular weight is 195 g/mol. The summed E-state index contributed by atoms with van der Waals surface area (Å²) in [4.78, 5) is 0. The van der Waals surface area contributed by atoms with Gasteiger partial charge in [-0.25, -0.2) is 0 Å². The Labute approximate surface area is 87.9 Å². The van der Waals surface area contributed by atoms with Crippen LogP contribution in [0.25, 0.3) is 0 Å². The predicted molar refractivity (Wildman–Crippen MR) is 61.2 cm³/mol. The summed E-state index contributed by atoms with van der Waals surface area (Å²) in [6.45, 7) is 12.7. The van der Waals surface area contributed by atoms with Crippen LogP contribution in [0.5, 0.6) is 0 Å². The Morgan fingerprint density at radius 2 is 1.86 bits per heavy atom. The standard InChI is InChI=1S/C11H20BO2/c1-7-9(8-2)12-14-11(5,6)10(3,4)13/h7-8,13H,1H2,2-6H3. The van der Waals surface area contributed by atoms with Crippen molar-refractivity contribution in [3.8, 4) is 0 Å². The van der Waals surface area contributed by atoms with E-state index in [1.807, 2.05) is 26.8 Å². The molecule has 3 heteroatoms. The zero-order valence-electron chi connectivity index (χ0n) is 9.79. The molecule has 0 saturated heterocycles. The molecule has 0 saturated carbocycles. The molecule has 0 spiro atoms. The van der Waals surface area contributed by atoms with Crippen molar-refractivity contribution in [2.45, 2.75) is 45.8 Å². The van der Waals surface area contributed by atoms with Gasteiger partial charge < -0.3 is 9.76 Å². The third kappa shape index (κ3) is 3.68. The van der Waals surface area contributed by atoms with Crippen LogP contribution in [0, 0.1) is 0 Å². The SMILES string of the molecule is C=CC([B]OC(C)(C)C(C)(C)O)=CC. The van der Waals surface area contributed by atoms with Gasteiger partial charge in [-0.15, -0.1) is 0 Å². The molecular formula is C11H20BO2. The molecule has 0 heterocycles. The molecule has 0 atom stereocenters. The minimum atomic E-state index is -0.885. The minimum Gasteiger partial charge on any atom is -0.427 e. The maximum Gasteiger partial charge on any atom is 0.330 e. The summed E-state index contributed by atoms with van der Waals surface area (Å²) in [7, 11) is 1.62. The van der Waals surface area contributed by atoms with E-state index >= 15 is 0 Å². The summed E-state index contributed by atoms with van der Waals surface area (Å²) in [5.41, 5.74) is -0.601. The van der Waals surface area contributed by atoms with Crippen molar-refractivity contribution in [2.24, 2.45) is 0 Å². The van der Waals surface area contributed by atoms with Crippen LogP contribution >= 0.6 is 0 Å². The molecule has 0 bridgehead atoms. The molecule has 0 aliphatic rings. The Kier molecular flexibility index (Phi) is 4.62. The van der Waals surface area contributed by atoms with Crippen molar-refractivity contribution in [3.63, 3.8) is 0 Å². The molecule has 0 aromatic heterocycles. The first-order chi connectivity index (χ1) is 6.24. The lowest BCUT2D eigenvalue weighted by Crippen LogP contribution is -2.48. The maximum absolute atomic E-state index is 9.81. The lowest BCUT2D eigenvalue weighted by atomic mass is 9.82. The fourth-order valence-electron chi connectivity index (χ4n) is 0.594. The number of aliphatic hydroxyl groups is 1. The van der Waals surface area contributed by atoms with Gasteiger partial charge in [0.25, 0.3) is 0 Å². The second-order valence-corrected chi connectivity index (χ2v) is 4.30. The monoisotopic (exact) mass is 195 g/mol. The quantitative estimate of drug-likeness (QED) is 0.538. The van der Waals surface area contributed by atoms with E-state index in [2.05, 4.69) is 6.58 Å². The molecule has 79 valence electrons. The predicted octanol–water partition coefficient (Wildman–Crippen LogP) is 2.26. The summed E-state index contributed by atoms with van der Waals surface area (Å²) in [5.74, 6) is 0. The van der Waals surface area contributed by atoms with Gasteiger partial charge in [-0.2, -0.15) is 0 Å². The Morgan fingerprint density at radius 3 is 2.14 bits per heavy atom. The molecule has 1 radical (unpaired) electrons. The zero-order valence-corrected chi connectivity index (χ0v) is 9.79. The molecule has 1 N–H and O–H groups in total. The molecule has 0 unspecified atom stereocenters. The first-order valence-electron chi connectivity index (χ1n) is 4.77. The molecule has 0 rings (SSSR count). The highest BCUT2D eigenvalue weighted by Crippen LogP contribution is 2.24. The van der Waals surface area contributed by atoms with Gasteiger partial charge in [-0.3, -0.25) is 0 Å². The van der Waals surface area contributed by atoms with Gasteiger partial charge in [0, 0.05) is 0 Å². The van der Waals surface area contributed by atoms with E-state index in [9.17, 15) is 5.11 Å².